The normalized spacial score (nSPS) is 13.0. The molecule has 2 N–H and O–H groups in total. The number of aryl methyl sites for hydroxylation is 1. The number of nitrogens with one attached hydrogen (secondary N) is 2. The quantitative estimate of drug-likeness (QED) is 0.408. The van der Waals surface area contributed by atoms with Crippen LogP contribution in [0.2, 0.25) is 10.0 Å². The second-order valence-corrected chi connectivity index (χ2v) is 10.2. The van der Waals surface area contributed by atoms with Gasteiger partial charge in [-0.2, -0.15) is 8.42 Å². The van der Waals surface area contributed by atoms with Crippen molar-refractivity contribution in [3.05, 3.63) is 74.3 Å². The van der Waals surface area contributed by atoms with E-state index in [9.17, 15) is 13.2 Å². The van der Waals surface area contributed by atoms with Gasteiger partial charge in [0.2, 0.25) is 0 Å². The van der Waals surface area contributed by atoms with E-state index < -0.39 is 16.1 Å². The second-order valence-electron chi connectivity index (χ2n) is 6.94. The molecule has 4 rings (SSSR count). The fourth-order valence-corrected chi connectivity index (χ4v) is 5.34. The highest BCUT2D eigenvalue weighted by molar-refractivity contribution is 9.10. The third-order valence-corrected chi connectivity index (χ3v) is 7.45. The Kier molecular flexibility index (Phi) is 6.25. The number of amides is 2. The molecule has 0 saturated heterocycles. The minimum absolute atomic E-state index is 0.270. The number of carbonyl (C=O) groups excluding carboxylic acids is 1. The van der Waals surface area contributed by atoms with E-state index in [2.05, 4.69) is 26.2 Å². The minimum Gasteiger partial charge on any atom is -0.306 e. The van der Waals surface area contributed by atoms with Gasteiger partial charge in [-0.25, -0.2) is 14.5 Å². The molecule has 6 nitrogen and oxygen atoms in total. The molecule has 31 heavy (non-hydrogen) atoms. The van der Waals surface area contributed by atoms with E-state index in [4.69, 9.17) is 23.2 Å². The van der Waals surface area contributed by atoms with Crippen molar-refractivity contribution in [1.82, 2.24) is 9.71 Å². The van der Waals surface area contributed by atoms with Crippen molar-refractivity contribution in [1.29, 1.82) is 0 Å². The zero-order valence-electron chi connectivity index (χ0n) is 16.0. The fourth-order valence-electron chi connectivity index (χ4n) is 3.60. The largest absolute Gasteiger partial charge is 0.333 e. The summed E-state index contributed by atoms with van der Waals surface area (Å²) in [6.07, 6.45) is 2.59. The minimum atomic E-state index is -4.16. The molecule has 0 bridgehead atoms. The van der Waals surface area contributed by atoms with Gasteiger partial charge in [0.1, 0.15) is 4.60 Å². The molecule has 0 unspecified atom stereocenters. The number of hydrogen-bond acceptors (Lipinski definition) is 4. The molecule has 2 amide bonds. The predicted molar refractivity (Wildman–Crippen MR) is 125 cm³/mol. The Labute approximate surface area is 198 Å². The van der Waals surface area contributed by atoms with Gasteiger partial charge in [0.25, 0.3) is 10.0 Å². The first kappa shape index (κ1) is 22.1. The number of hydrogen-bond donors (Lipinski definition) is 2. The number of sulfonamides is 1. The first-order valence-corrected chi connectivity index (χ1v) is 12.3. The predicted octanol–water partition coefficient (Wildman–Crippen LogP) is 5.82. The molecular weight excluding hydrogens is 525 g/mol. The molecule has 1 aromatic heterocycles. The van der Waals surface area contributed by atoms with Crippen LogP contribution in [-0.4, -0.2) is 19.4 Å². The lowest BCUT2D eigenvalue weighted by molar-refractivity contribution is 0.256. The molecule has 0 spiro atoms. The number of aromatic nitrogens is 1. The monoisotopic (exact) mass is 539 g/mol. The lowest BCUT2D eigenvalue weighted by atomic mass is 9.97. The second kappa shape index (κ2) is 8.78. The van der Waals surface area contributed by atoms with Gasteiger partial charge in [-0.3, -0.25) is 0 Å². The van der Waals surface area contributed by atoms with Crippen molar-refractivity contribution in [2.75, 3.05) is 5.32 Å². The van der Waals surface area contributed by atoms with Gasteiger partial charge in [-0.05, 0) is 64.5 Å². The van der Waals surface area contributed by atoms with E-state index in [0.29, 0.717) is 31.5 Å². The Bertz CT molecular complexity index is 1300. The molecular formula is C21H16BrCl2N3O3S. The Hall–Kier alpha value is -2.13. The van der Waals surface area contributed by atoms with Gasteiger partial charge >= 0.3 is 6.03 Å². The van der Waals surface area contributed by atoms with E-state index in [-0.39, 0.29) is 5.03 Å². The van der Waals surface area contributed by atoms with E-state index >= 15 is 0 Å². The van der Waals surface area contributed by atoms with E-state index in [1.807, 2.05) is 16.9 Å². The standard InChI is InChI=1S/C21H16BrCl2N3O3S/c22-17-8-3-9-18(25-17)31(29,30)27-21(28)26-20-13-5-1-4-12(13)10-11-15(20)14-6-2-7-16(23)19(14)24/h2-3,6-11H,1,4-5H2,(H2,26,27,28). The molecule has 1 aliphatic carbocycles. The first-order chi connectivity index (χ1) is 14.8. The van der Waals surface area contributed by atoms with Crippen LogP contribution in [0.25, 0.3) is 11.1 Å². The lowest BCUT2D eigenvalue weighted by Crippen LogP contribution is -2.35. The summed E-state index contributed by atoms with van der Waals surface area (Å²) in [7, 11) is -4.16. The Morgan fingerprint density at radius 3 is 2.55 bits per heavy atom. The number of fused-ring (bicyclic) bond motifs is 1. The van der Waals surface area contributed by atoms with Gasteiger partial charge in [0.05, 0.1) is 15.7 Å². The fraction of sp³-hybridized carbons (Fsp3) is 0.143. The van der Waals surface area contributed by atoms with Crippen LogP contribution in [0.5, 0.6) is 0 Å². The Morgan fingerprint density at radius 2 is 1.77 bits per heavy atom. The number of halogens is 3. The van der Waals surface area contributed by atoms with Gasteiger partial charge in [-0.1, -0.05) is 53.5 Å². The number of nitrogens with zero attached hydrogens (tertiary/aromatic N) is 1. The molecule has 0 radical (unpaired) electrons. The van der Waals surface area contributed by atoms with Gasteiger partial charge < -0.3 is 5.32 Å². The van der Waals surface area contributed by atoms with Crippen LogP contribution >= 0.6 is 39.1 Å². The summed E-state index contributed by atoms with van der Waals surface area (Å²) in [5, 5.41) is 3.20. The Morgan fingerprint density at radius 1 is 1.00 bits per heavy atom. The molecule has 0 aliphatic heterocycles. The highest BCUT2D eigenvalue weighted by Gasteiger charge is 2.24. The summed E-state index contributed by atoms with van der Waals surface area (Å²) in [6, 6.07) is 12.6. The zero-order valence-corrected chi connectivity index (χ0v) is 19.9. The van der Waals surface area contributed by atoms with Crippen molar-refractivity contribution in [2.24, 2.45) is 0 Å². The van der Waals surface area contributed by atoms with E-state index in [1.54, 1.807) is 24.3 Å². The van der Waals surface area contributed by atoms with E-state index in [1.165, 1.54) is 12.1 Å². The number of urea groups is 1. The lowest BCUT2D eigenvalue weighted by Gasteiger charge is -2.17. The van der Waals surface area contributed by atoms with Crippen molar-refractivity contribution < 1.29 is 13.2 Å². The molecule has 0 saturated carbocycles. The SMILES string of the molecule is O=C(Nc1c(-c2cccc(Cl)c2Cl)ccc2c1CCC2)NS(=O)(=O)c1cccc(Br)n1. The number of rotatable bonds is 4. The molecule has 0 fully saturated rings. The molecule has 1 aliphatic rings. The maximum Gasteiger partial charge on any atom is 0.333 e. The summed E-state index contributed by atoms with van der Waals surface area (Å²) in [6.45, 7) is 0. The van der Waals surface area contributed by atoms with Crippen molar-refractivity contribution in [3.8, 4) is 11.1 Å². The van der Waals surface area contributed by atoms with Crippen LogP contribution in [0.3, 0.4) is 0 Å². The summed E-state index contributed by atoms with van der Waals surface area (Å²) in [5.41, 5.74) is 3.90. The third-order valence-electron chi connectivity index (χ3n) is 4.96. The summed E-state index contributed by atoms with van der Waals surface area (Å²) >= 11 is 15.7. The van der Waals surface area contributed by atoms with Gasteiger partial charge in [-0.15, -0.1) is 0 Å². The van der Waals surface area contributed by atoms with Crippen molar-refractivity contribution >= 4 is 60.9 Å². The summed E-state index contributed by atoms with van der Waals surface area (Å²) < 4.78 is 27.5. The van der Waals surface area contributed by atoms with Crippen LogP contribution in [0.1, 0.15) is 17.5 Å². The van der Waals surface area contributed by atoms with Crippen LogP contribution in [-0.2, 0) is 22.9 Å². The van der Waals surface area contributed by atoms with Gasteiger partial charge in [0.15, 0.2) is 5.03 Å². The van der Waals surface area contributed by atoms with Crippen LogP contribution < -0.4 is 10.0 Å². The van der Waals surface area contributed by atoms with Gasteiger partial charge in [0, 0.05) is 11.1 Å². The van der Waals surface area contributed by atoms with Crippen molar-refractivity contribution in [3.63, 3.8) is 0 Å². The highest BCUT2D eigenvalue weighted by atomic mass is 79.9. The molecule has 10 heteroatoms. The topological polar surface area (TPSA) is 88.2 Å². The maximum absolute atomic E-state index is 12.7. The van der Waals surface area contributed by atoms with Crippen LogP contribution in [0.15, 0.2) is 58.2 Å². The van der Waals surface area contributed by atoms with Crippen LogP contribution in [0.4, 0.5) is 10.5 Å². The molecule has 160 valence electrons. The first-order valence-electron chi connectivity index (χ1n) is 9.32. The average molecular weight is 541 g/mol. The Balaban J connectivity index is 1.70. The summed E-state index contributed by atoms with van der Waals surface area (Å²) in [4.78, 5) is 16.6. The number of benzene rings is 2. The van der Waals surface area contributed by atoms with Crippen molar-refractivity contribution in [2.45, 2.75) is 24.3 Å². The maximum atomic E-state index is 12.7. The smallest absolute Gasteiger partial charge is 0.306 e. The third kappa shape index (κ3) is 4.57. The summed E-state index contributed by atoms with van der Waals surface area (Å²) in [5.74, 6) is 0. The van der Waals surface area contributed by atoms with E-state index in [0.717, 1.165) is 30.4 Å². The zero-order chi connectivity index (χ0) is 22.2. The molecule has 3 aromatic rings. The molecule has 2 aromatic carbocycles. The van der Waals surface area contributed by atoms with Crippen LogP contribution in [0, 0.1) is 0 Å². The molecule has 0 atom stereocenters. The highest BCUT2D eigenvalue weighted by Crippen LogP contribution is 2.41. The number of carbonyl (C=O) groups is 1. The number of pyridine rings is 1. The average Bonchev–Trinajstić information content (AvgIpc) is 3.19. The molecule has 1 heterocycles. The number of anilines is 1.